The quantitative estimate of drug-likeness (QED) is 0.322. The van der Waals surface area contributed by atoms with Crippen molar-refractivity contribution in [1.29, 1.82) is 0 Å². The summed E-state index contributed by atoms with van der Waals surface area (Å²) in [6.07, 6.45) is 1.87. The largest absolute Gasteiger partial charge is 0.376 e. The van der Waals surface area contributed by atoms with Crippen LogP contribution in [0.4, 0.5) is 11.5 Å². The summed E-state index contributed by atoms with van der Waals surface area (Å²) in [5.41, 5.74) is 3.05. The lowest BCUT2D eigenvalue weighted by Gasteiger charge is -2.30. The fourth-order valence-electron chi connectivity index (χ4n) is 4.46. The summed E-state index contributed by atoms with van der Waals surface area (Å²) in [7, 11) is -3.35. The first-order chi connectivity index (χ1) is 18.2. The molecule has 8 nitrogen and oxygen atoms in total. The number of hydrogen-bond acceptors (Lipinski definition) is 8. The lowest BCUT2D eigenvalue weighted by Crippen LogP contribution is -2.40. The van der Waals surface area contributed by atoms with E-state index in [2.05, 4.69) is 22.1 Å². The van der Waals surface area contributed by atoms with Crippen LogP contribution in [0.2, 0.25) is 5.02 Å². The van der Waals surface area contributed by atoms with Gasteiger partial charge < -0.3 is 10.1 Å². The zero-order valence-corrected chi connectivity index (χ0v) is 23.1. The van der Waals surface area contributed by atoms with Crippen LogP contribution in [0.5, 0.6) is 0 Å². The molecule has 0 bridgehead atoms. The Balaban J connectivity index is 1.53. The normalized spacial score (nSPS) is 16.7. The summed E-state index contributed by atoms with van der Waals surface area (Å²) in [6.45, 7) is 8.29. The molecule has 1 saturated heterocycles. The van der Waals surface area contributed by atoms with Crippen LogP contribution in [-0.2, 0) is 21.1 Å². The van der Waals surface area contributed by atoms with Gasteiger partial charge in [-0.1, -0.05) is 17.7 Å². The van der Waals surface area contributed by atoms with Crippen LogP contribution in [0.1, 0.15) is 26.6 Å². The molecular weight excluding hydrogens is 522 g/mol. The van der Waals surface area contributed by atoms with Crippen molar-refractivity contribution >= 4 is 43.8 Å². The Bertz CT molecular complexity index is 1560. The molecule has 1 fully saturated rings. The van der Waals surface area contributed by atoms with Crippen LogP contribution in [0.15, 0.2) is 65.7 Å². The van der Waals surface area contributed by atoms with Gasteiger partial charge in [-0.15, -0.1) is 0 Å². The molecule has 1 N–H and O–H groups in total. The van der Waals surface area contributed by atoms with Gasteiger partial charge in [0.2, 0.25) is 0 Å². The number of halogens is 1. The van der Waals surface area contributed by atoms with Gasteiger partial charge in [0.1, 0.15) is 11.6 Å². The fraction of sp³-hybridized carbons (Fsp3) is 0.321. The van der Waals surface area contributed by atoms with E-state index >= 15 is 0 Å². The van der Waals surface area contributed by atoms with E-state index in [-0.39, 0.29) is 6.10 Å². The predicted octanol–water partition coefficient (Wildman–Crippen LogP) is 5.49. The number of benzene rings is 2. The molecule has 38 heavy (non-hydrogen) atoms. The van der Waals surface area contributed by atoms with Crippen LogP contribution >= 0.6 is 11.6 Å². The molecule has 0 radical (unpaired) electrons. The van der Waals surface area contributed by atoms with Gasteiger partial charge in [-0.3, -0.25) is 9.88 Å². The smallest absolute Gasteiger partial charge is 0.180 e. The molecule has 2 aromatic heterocycles. The topological polar surface area (TPSA) is 97.3 Å². The second kappa shape index (κ2) is 10.9. The first kappa shape index (κ1) is 26.5. The summed E-state index contributed by atoms with van der Waals surface area (Å²) in [5, 5.41) is 4.29. The highest BCUT2D eigenvalue weighted by Crippen LogP contribution is 2.31. The van der Waals surface area contributed by atoms with E-state index in [1.54, 1.807) is 50.4 Å². The van der Waals surface area contributed by atoms with Crippen LogP contribution in [0.3, 0.4) is 0 Å². The van der Waals surface area contributed by atoms with Crippen molar-refractivity contribution < 1.29 is 13.2 Å². The van der Waals surface area contributed by atoms with E-state index in [1.807, 2.05) is 24.3 Å². The molecule has 1 atom stereocenters. The highest BCUT2D eigenvalue weighted by atomic mass is 35.5. The van der Waals surface area contributed by atoms with Gasteiger partial charge in [0.25, 0.3) is 0 Å². The van der Waals surface area contributed by atoms with Crippen LogP contribution in [0, 0.1) is 0 Å². The monoisotopic (exact) mass is 551 g/mol. The highest BCUT2D eigenvalue weighted by Gasteiger charge is 2.21. The number of fused-ring (bicyclic) bond motifs is 1. The van der Waals surface area contributed by atoms with E-state index in [4.69, 9.17) is 26.3 Å². The first-order valence-corrected chi connectivity index (χ1v) is 14.5. The third kappa shape index (κ3) is 5.66. The fourth-order valence-corrected chi connectivity index (χ4v) is 5.75. The van der Waals surface area contributed by atoms with Gasteiger partial charge in [-0.05, 0) is 69.3 Å². The summed E-state index contributed by atoms with van der Waals surface area (Å²) in [6, 6.07) is 16.3. The number of sulfone groups is 1. The maximum Gasteiger partial charge on any atom is 0.180 e. The van der Waals surface area contributed by atoms with Crippen molar-refractivity contribution in [2.45, 2.75) is 43.6 Å². The number of aromatic nitrogens is 3. The van der Waals surface area contributed by atoms with Crippen LogP contribution < -0.4 is 5.32 Å². The first-order valence-electron chi connectivity index (χ1n) is 12.6. The number of rotatable bonds is 7. The number of morpholine rings is 1. The van der Waals surface area contributed by atoms with Crippen molar-refractivity contribution in [3.63, 3.8) is 0 Å². The number of nitrogens with zero attached hydrogens (tertiary/aromatic N) is 4. The summed E-state index contributed by atoms with van der Waals surface area (Å²) >= 11 is 6.42. The third-order valence-electron chi connectivity index (χ3n) is 6.53. The van der Waals surface area contributed by atoms with Gasteiger partial charge in [0.05, 0.1) is 45.6 Å². The van der Waals surface area contributed by atoms with Crippen molar-refractivity contribution in [3.05, 3.63) is 71.6 Å². The average molecular weight is 552 g/mol. The number of ether oxygens (including phenoxy) is 1. The Morgan fingerprint density at radius 3 is 2.63 bits per heavy atom. The summed E-state index contributed by atoms with van der Waals surface area (Å²) in [4.78, 5) is 16.8. The average Bonchev–Trinajstić information content (AvgIpc) is 2.89. The Morgan fingerprint density at radius 1 is 1.13 bits per heavy atom. The standard InChI is InChI=1S/C28H30ClN5O3S/c1-18(2)38(35,36)22-9-7-21(8-10-22)31-28-23-11-6-20(27-24(29)5-4-12-30-27)15-25(23)32-26(33-28)17-34-13-14-37-19(3)16-34/h4-12,15,18-19H,13-14,16-17H2,1-3H3,(H,31,32,33)/t19-/m0/s1. The summed E-state index contributed by atoms with van der Waals surface area (Å²) < 4.78 is 30.8. The van der Waals surface area contributed by atoms with Gasteiger partial charge in [-0.2, -0.15) is 0 Å². The molecule has 4 aromatic rings. The molecule has 1 aliphatic heterocycles. The summed E-state index contributed by atoms with van der Waals surface area (Å²) in [5.74, 6) is 1.32. The molecule has 3 heterocycles. The van der Waals surface area contributed by atoms with Crippen molar-refractivity contribution in [2.24, 2.45) is 0 Å². The van der Waals surface area contributed by atoms with E-state index in [1.165, 1.54) is 0 Å². The van der Waals surface area contributed by atoms with E-state index in [0.29, 0.717) is 40.4 Å². The van der Waals surface area contributed by atoms with E-state index < -0.39 is 15.1 Å². The van der Waals surface area contributed by atoms with Gasteiger partial charge in [-0.25, -0.2) is 18.4 Å². The zero-order chi connectivity index (χ0) is 26.9. The predicted molar refractivity (Wildman–Crippen MR) is 151 cm³/mol. The molecule has 0 unspecified atom stereocenters. The minimum Gasteiger partial charge on any atom is -0.376 e. The Morgan fingerprint density at radius 2 is 1.92 bits per heavy atom. The van der Waals surface area contributed by atoms with Crippen LogP contribution in [-0.4, -0.2) is 59.3 Å². The zero-order valence-electron chi connectivity index (χ0n) is 21.6. The lowest BCUT2D eigenvalue weighted by molar-refractivity contribution is -0.0219. The molecule has 0 amide bonds. The maximum absolute atomic E-state index is 12.5. The molecule has 10 heteroatoms. The van der Waals surface area contributed by atoms with Crippen LogP contribution in [0.25, 0.3) is 22.2 Å². The second-order valence-corrected chi connectivity index (χ2v) is 12.6. The third-order valence-corrected chi connectivity index (χ3v) is 9.01. The van der Waals surface area contributed by atoms with Crippen molar-refractivity contribution in [3.8, 4) is 11.3 Å². The number of anilines is 2. The van der Waals surface area contributed by atoms with Gasteiger partial charge >= 0.3 is 0 Å². The molecule has 0 aliphatic carbocycles. The molecule has 1 aliphatic rings. The number of pyridine rings is 1. The Labute approximate surface area is 228 Å². The number of nitrogens with one attached hydrogen (secondary N) is 1. The maximum atomic E-state index is 12.5. The SMILES string of the molecule is CC(C)S(=O)(=O)c1ccc(Nc2nc(CN3CCO[C@@H](C)C3)nc3cc(-c4ncccc4Cl)ccc23)cc1. The Kier molecular flexibility index (Phi) is 7.63. The molecule has 198 valence electrons. The van der Waals surface area contributed by atoms with Crippen molar-refractivity contribution in [1.82, 2.24) is 19.9 Å². The minimum absolute atomic E-state index is 0.153. The van der Waals surface area contributed by atoms with Crippen molar-refractivity contribution in [2.75, 3.05) is 25.0 Å². The number of hydrogen-bond donors (Lipinski definition) is 1. The second-order valence-electron chi connectivity index (χ2n) is 9.71. The molecule has 5 rings (SSSR count). The molecular formula is C28H30ClN5O3S. The Hall–Kier alpha value is -3.11. The van der Waals surface area contributed by atoms with E-state index in [9.17, 15) is 8.42 Å². The van der Waals surface area contributed by atoms with E-state index in [0.717, 1.165) is 35.2 Å². The molecule has 0 spiro atoms. The molecule has 2 aromatic carbocycles. The highest BCUT2D eigenvalue weighted by molar-refractivity contribution is 7.92. The lowest BCUT2D eigenvalue weighted by atomic mass is 10.1. The minimum atomic E-state index is -3.35. The van der Waals surface area contributed by atoms with Gasteiger partial charge in [0.15, 0.2) is 9.84 Å². The molecule has 0 saturated carbocycles. The van der Waals surface area contributed by atoms with Gasteiger partial charge in [0, 0.05) is 35.9 Å².